The molecule has 7 heteroatoms. The average molecular weight is 270 g/mol. The first-order chi connectivity index (χ1) is 8.72. The number of anilines is 2. The van der Waals surface area contributed by atoms with E-state index in [9.17, 15) is 18.4 Å². The Balaban J connectivity index is 2.58. The molecule has 2 N–H and O–H groups in total. The van der Waals surface area contributed by atoms with Crippen LogP contribution in [-0.4, -0.2) is 29.1 Å². The number of aliphatic carboxylic acids is 1. The van der Waals surface area contributed by atoms with Gasteiger partial charge in [-0.1, -0.05) is 0 Å². The van der Waals surface area contributed by atoms with Crippen molar-refractivity contribution < 1.29 is 23.5 Å². The predicted molar refractivity (Wildman–Crippen MR) is 64.0 cm³/mol. The number of rotatable bonds is 2. The van der Waals surface area contributed by atoms with Crippen LogP contribution < -0.4 is 10.2 Å². The lowest BCUT2D eigenvalue weighted by Crippen LogP contribution is -2.55. The molecule has 5 nitrogen and oxygen atoms in total. The van der Waals surface area contributed by atoms with Crippen molar-refractivity contribution in [2.75, 3.05) is 16.8 Å². The van der Waals surface area contributed by atoms with Crippen LogP contribution in [0.25, 0.3) is 0 Å². The summed E-state index contributed by atoms with van der Waals surface area (Å²) in [5.74, 6) is -3.95. The molecule has 0 bridgehead atoms. The first-order valence-corrected chi connectivity index (χ1v) is 5.53. The van der Waals surface area contributed by atoms with Crippen molar-refractivity contribution >= 4 is 23.3 Å². The van der Waals surface area contributed by atoms with Gasteiger partial charge in [0.25, 0.3) is 5.91 Å². The molecule has 1 aliphatic rings. The van der Waals surface area contributed by atoms with Crippen molar-refractivity contribution in [2.24, 2.45) is 0 Å². The second-order valence-electron chi connectivity index (χ2n) is 4.82. The van der Waals surface area contributed by atoms with Crippen LogP contribution in [0.2, 0.25) is 0 Å². The highest BCUT2D eigenvalue weighted by molar-refractivity contribution is 6.09. The Morgan fingerprint density at radius 3 is 2.53 bits per heavy atom. The topological polar surface area (TPSA) is 69.6 Å². The van der Waals surface area contributed by atoms with Crippen molar-refractivity contribution in [1.29, 1.82) is 0 Å². The van der Waals surface area contributed by atoms with E-state index in [1.165, 1.54) is 13.8 Å². The van der Waals surface area contributed by atoms with Crippen LogP contribution >= 0.6 is 0 Å². The van der Waals surface area contributed by atoms with Crippen LogP contribution in [0.3, 0.4) is 0 Å². The van der Waals surface area contributed by atoms with E-state index < -0.39 is 35.6 Å². The molecule has 1 amide bonds. The van der Waals surface area contributed by atoms with E-state index in [1.807, 2.05) is 0 Å². The van der Waals surface area contributed by atoms with Crippen molar-refractivity contribution in [1.82, 2.24) is 0 Å². The predicted octanol–water partition coefficient (Wildman–Crippen LogP) is 1.59. The number of fused-ring (bicyclic) bond motifs is 1. The standard InChI is InChI=1S/C12H12F2N2O3/c1-12(2)11(19)16(5-10(17)18)9-4-7(14)6(13)3-8(9)15-12/h3-4,15H,5H2,1-2H3,(H,17,18). The van der Waals surface area contributed by atoms with E-state index >= 15 is 0 Å². The number of halogens is 2. The molecule has 0 fully saturated rings. The molecule has 0 aromatic heterocycles. The summed E-state index contributed by atoms with van der Waals surface area (Å²) in [7, 11) is 0. The molecule has 1 aromatic rings. The van der Waals surface area contributed by atoms with Crippen molar-refractivity contribution in [3.05, 3.63) is 23.8 Å². The second kappa shape index (κ2) is 4.18. The van der Waals surface area contributed by atoms with Crippen LogP contribution in [0.4, 0.5) is 20.2 Å². The van der Waals surface area contributed by atoms with Gasteiger partial charge in [-0.3, -0.25) is 14.5 Å². The van der Waals surface area contributed by atoms with Gasteiger partial charge >= 0.3 is 5.97 Å². The van der Waals surface area contributed by atoms with Gasteiger partial charge in [-0.25, -0.2) is 8.78 Å². The smallest absolute Gasteiger partial charge is 0.323 e. The van der Waals surface area contributed by atoms with Crippen molar-refractivity contribution in [3.63, 3.8) is 0 Å². The van der Waals surface area contributed by atoms with Crippen LogP contribution in [-0.2, 0) is 9.59 Å². The van der Waals surface area contributed by atoms with Gasteiger partial charge in [0.2, 0.25) is 0 Å². The molecule has 102 valence electrons. The number of amides is 1. The highest BCUT2D eigenvalue weighted by Gasteiger charge is 2.40. The summed E-state index contributed by atoms with van der Waals surface area (Å²) >= 11 is 0. The summed E-state index contributed by atoms with van der Waals surface area (Å²) in [5, 5.41) is 11.6. The van der Waals surface area contributed by atoms with E-state index in [2.05, 4.69) is 5.32 Å². The third-order valence-electron chi connectivity index (χ3n) is 2.85. The Morgan fingerprint density at radius 1 is 1.37 bits per heavy atom. The summed E-state index contributed by atoms with van der Waals surface area (Å²) in [5.41, 5.74) is -0.887. The van der Waals surface area contributed by atoms with E-state index in [4.69, 9.17) is 5.11 Å². The molecule has 1 aromatic carbocycles. The fourth-order valence-electron chi connectivity index (χ4n) is 1.99. The molecule has 2 rings (SSSR count). The fraction of sp³-hybridized carbons (Fsp3) is 0.333. The zero-order valence-electron chi connectivity index (χ0n) is 10.3. The summed E-state index contributed by atoms with van der Waals surface area (Å²) < 4.78 is 26.5. The van der Waals surface area contributed by atoms with E-state index in [1.54, 1.807) is 0 Å². The van der Waals surface area contributed by atoms with Crippen LogP contribution in [0.15, 0.2) is 12.1 Å². The van der Waals surface area contributed by atoms with Crippen LogP contribution in [0.1, 0.15) is 13.8 Å². The number of carbonyl (C=O) groups excluding carboxylic acids is 1. The van der Waals surface area contributed by atoms with Gasteiger partial charge in [-0.2, -0.15) is 0 Å². The minimum atomic E-state index is -1.23. The Kier molecular flexibility index (Phi) is 2.92. The van der Waals surface area contributed by atoms with Gasteiger partial charge in [-0.05, 0) is 13.8 Å². The van der Waals surface area contributed by atoms with Gasteiger partial charge in [0.15, 0.2) is 11.6 Å². The molecule has 1 heterocycles. The molecule has 0 saturated carbocycles. The lowest BCUT2D eigenvalue weighted by molar-refractivity contribution is -0.137. The third-order valence-corrected chi connectivity index (χ3v) is 2.85. The monoisotopic (exact) mass is 270 g/mol. The highest BCUT2D eigenvalue weighted by atomic mass is 19.2. The van der Waals surface area contributed by atoms with Gasteiger partial charge in [0.05, 0.1) is 11.4 Å². The SMILES string of the molecule is CC1(C)Nc2cc(F)c(F)cc2N(CC(=O)O)C1=O. The first kappa shape index (κ1) is 13.3. The van der Waals surface area contributed by atoms with Crippen LogP contribution in [0.5, 0.6) is 0 Å². The van der Waals surface area contributed by atoms with Crippen molar-refractivity contribution in [2.45, 2.75) is 19.4 Å². The van der Waals surface area contributed by atoms with E-state index in [0.29, 0.717) is 0 Å². The largest absolute Gasteiger partial charge is 0.480 e. The number of hydrogen-bond acceptors (Lipinski definition) is 3. The molecular formula is C12H12F2N2O3. The number of nitrogens with zero attached hydrogens (tertiary/aromatic N) is 1. The molecule has 0 atom stereocenters. The minimum Gasteiger partial charge on any atom is -0.480 e. The Hall–Kier alpha value is -2.18. The number of carboxylic acids is 1. The highest BCUT2D eigenvalue weighted by Crippen LogP contribution is 2.36. The van der Waals surface area contributed by atoms with Gasteiger partial charge in [0, 0.05) is 12.1 Å². The zero-order chi connectivity index (χ0) is 14.4. The molecule has 0 unspecified atom stereocenters. The fourth-order valence-corrected chi connectivity index (χ4v) is 1.99. The van der Waals surface area contributed by atoms with Crippen LogP contribution in [0, 0.1) is 11.6 Å². The molecule has 0 saturated heterocycles. The number of carbonyl (C=O) groups is 2. The summed E-state index contributed by atoms with van der Waals surface area (Å²) in [6, 6.07) is 1.72. The van der Waals surface area contributed by atoms with E-state index in [0.717, 1.165) is 17.0 Å². The number of nitrogens with one attached hydrogen (secondary N) is 1. The summed E-state index contributed by atoms with van der Waals surface area (Å²) in [6.45, 7) is 2.46. The minimum absolute atomic E-state index is 0.0191. The maximum Gasteiger partial charge on any atom is 0.323 e. The average Bonchev–Trinajstić information content (AvgIpc) is 2.27. The zero-order valence-corrected chi connectivity index (χ0v) is 10.3. The Bertz CT molecular complexity index is 572. The Labute approximate surface area is 107 Å². The quantitative estimate of drug-likeness (QED) is 0.856. The summed E-state index contributed by atoms with van der Waals surface area (Å²) in [6.07, 6.45) is 0. The first-order valence-electron chi connectivity index (χ1n) is 5.53. The second-order valence-corrected chi connectivity index (χ2v) is 4.82. The van der Waals surface area contributed by atoms with Gasteiger partial charge < -0.3 is 10.4 Å². The molecule has 0 spiro atoms. The number of hydrogen-bond donors (Lipinski definition) is 2. The maximum absolute atomic E-state index is 13.2. The Morgan fingerprint density at radius 2 is 1.95 bits per heavy atom. The molecule has 1 aliphatic heterocycles. The number of benzene rings is 1. The van der Waals surface area contributed by atoms with E-state index in [-0.39, 0.29) is 11.4 Å². The number of carboxylic acid groups (broad SMARTS) is 1. The lowest BCUT2D eigenvalue weighted by atomic mass is 9.98. The lowest BCUT2D eigenvalue weighted by Gasteiger charge is -2.39. The third kappa shape index (κ3) is 2.23. The normalized spacial score (nSPS) is 16.8. The van der Waals surface area contributed by atoms with Crippen molar-refractivity contribution in [3.8, 4) is 0 Å². The maximum atomic E-state index is 13.2. The molecule has 0 radical (unpaired) electrons. The van der Waals surface area contributed by atoms with Gasteiger partial charge in [-0.15, -0.1) is 0 Å². The molecule has 19 heavy (non-hydrogen) atoms. The molecular weight excluding hydrogens is 258 g/mol. The van der Waals surface area contributed by atoms with Gasteiger partial charge in [0.1, 0.15) is 12.1 Å². The summed E-state index contributed by atoms with van der Waals surface area (Å²) in [4.78, 5) is 23.9. The molecule has 0 aliphatic carbocycles.